The fourth-order valence-corrected chi connectivity index (χ4v) is 3.46. The van der Waals surface area contributed by atoms with Crippen LogP contribution in [0.3, 0.4) is 0 Å². The lowest BCUT2D eigenvalue weighted by molar-refractivity contribution is -0.115. The predicted molar refractivity (Wildman–Crippen MR) is 117 cm³/mol. The Morgan fingerprint density at radius 1 is 1.07 bits per heavy atom. The summed E-state index contributed by atoms with van der Waals surface area (Å²) >= 11 is 5.97. The molecule has 1 fully saturated rings. The van der Waals surface area contributed by atoms with E-state index in [-0.39, 0.29) is 18.2 Å². The van der Waals surface area contributed by atoms with E-state index in [9.17, 15) is 9.59 Å². The molecule has 154 valence electrons. The van der Waals surface area contributed by atoms with Crippen LogP contribution >= 0.6 is 11.6 Å². The van der Waals surface area contributed by atoms with Gasteiger partial charge in [-0.25, -0.2) is 4.68 Å². The molecule has 0 radical (unpaired) electrons. The number of hydrogen-bond acceptors (Lipinski definition) is 3. The van der Waals surface area contributed by atoms with E-state index < -0.39 is 0 Å². The largest absolute Gasteiger partial charge is 0.349 e. The number of amides is 2. The smallest absolute Gasteiger partial charge is 0.251 e. The number of halogens is 1. The van der Waals surface area contributed by atoms with Gasteiger partial charge in [-0.2, -0.15) is 5.10 Å². The number of nitrogens with one attached hydrogen (secondary N) is 2. The standard InChI is InChI=1S/C23H23ClN4O2/c1-14-21(15(2)28(27-14)20-11-5-17(24)6-12-20)13-22(29)25-18-7-3-16(4-8-18)23(30)26-19-9-10-19/h3-8,11-12,19H,9-10,13H2,1-2H3,(H,25,29)(H,26,30). The molecule has 3 aromatic rings. The Morgan fingerprint density at radius 2 is 1.73 bits per heavy atom. The summed E-state index contributed by atoms with van der Waals surface area (Å²) in [5, 5.41) is 11.1. The zero-order valence-corrected chi connectivity index (χ0v) is 17.7. The molecule has 0 atom stereocenters. The predicted octanol–water partition coefficient (Wildman–Crippen LogP) is 4.22. The number of carbonyl (C=O) groups excluding carboxylic acids is 2. The van der Waals surface area contributed by atoms with Crippen molar-refractivity contribution in [1.82, 2.24) is 15.1 Å². The van der Waals surface area contributed by atoms with Crippen molar-refractivity contribution in [2.24, 2.45) is 0 Å². The highest BCUT2D eigenvalue weighted by atomic mass is 35.5. The average molecular weight is 423 g/mol. The van der Waals surface area contributed by atoms with Crippen molar-refractivity contribution in [2.75, 3.05) is 5.32 Å². The van der Waals surface area contributed by atoms with E-state index in [2.05, 4.69) is 15.7 Å². The summed E-state index contributed by atoms with van der Waals surface area (Å²) in [5.41, 5.74) is 4.76. The highest BCUT2D eigenvalue weighted by Gasteiger charge is 2.23. The highest BCUT2D eigenvalue weighted by molar-refractivity contribution is 6.30. The van der Waals surface area contributed by atoms with Gasteiger partial charge in [-0.15, -0.1) is 0 Å². The van der Waals surface area contributed by atoms with Crippen LogP contribution in [0.4, 0.5) is 5.69 Å². The van der Waals surface area contributed by atoms with E-state index >= 15 is 0 Å². The van der Waals surface area contributed by atoms with Crippen LogP contribution in [0.15, 0.2) is 48.5 Å². The van der Waals surface area contributed by atoms with Crippen LogP contribution in [-0.4, -0.2) is 27.6 Å². The number of rotatable bonds is 6. The van der Waals surface area contributed by atoms with Crippen LogP contribution in [0.2, 0.25) is 5.02 Å². The zero-order chi connectivity index (χ0) is 21.3. The summed E-state index contributed by atoms with van der Waals surface area (Å²) in [6.07, 6.45) is 2.32. The Hall–Kier alpha value is -3.12. The van der Waals surface area contributed by atoms with E-state index in [0.717, 1.165) is 35.5 Å². The Morgan fingerprint density at radius 3 is 2.37 bits per heavy atom. The van der Waals surface area contributed by atoms with Gasteiger partial charge in [0.1, 0.15) is 0 Å². The molecular weight excluding hydrogens is 400 g/mol. The zero-order valence-electron chi connectivity index (χ0n) is 16.9. The van der Waals surface area contributed by atoms with Gasteiger partial charge >= 0.3 is 0 Å². The molecule has 1 saturated carbocycles. The maximum absolute atomic E-state index is 12.6. The molecule has 1 aliphatic carbocycles. The van der Waals surface area contributed by atoms with Gasteiger partial charge < -0.3 is 10.6 Å². The van der Waals surface area contributed by atoms with Crippen molar-refractivity contribution in [2.45, 2.75) is 39.2 Å². The SMILES string of the molecule is Cc1nn(-c2ccc(Cl)cc2)c(C)c1CC(=O)Nc1ccc(C(=O)NC2CC2)cc1. The molecule has 2 aromatic carbocycles. The monoisotopic (exact) mass is 422 g/mol. The lowest BCUT2D eigenvalue weighted by Gasteiger charge is -2.08. The molecule has 0 aliphatic heterocycles. The van der Waals surface area contributed by atoms with Gasteiger partial charge in [-0.3, -0.25) is 9.59 Å². The Balaban J connectivity index is 1.42. The maximum Gasteiger partial charge on any atom is 0.251 e. The number of nitrogens with zero attached hydrogens (tertiary/aromatic N) is 2. The first kappa shape index (κ1) is 20.2. The van der Waals surface area contributed by atoms with E-state index in [0.29, 0.717) is 22.3 Å². The van der Waals surface area contributed by atoms with Crippen LogP contribution in [0.1, 0.15) is 40.2 Å². The fraction of sp³-hybridized carbons (Fsp3) is 0.261. The minimum Gasteiger partial charge on any atom is -0.349 e. The van der Waals surface area contributed by atoms with Crippen LogP contribution in [-0.2, 0) is 11.2 Å². The van der Waals surface area contributed by atoms with Crippen LogP contribution in [0, 0.1) is 13.8 Å². The van der Waals surface area contributed by atoms with Gasteiger partial charge in [0.25, 0.3) is 5.91 Å². The Kier molecular flexibility index (Phi) is 5.59. The molecule has 2 N–H and O–H groups in total. The van der Waals surface area contributed by atoms with Gasteiger partial charge in [0.2, 0.25) is 5.91 Å². The molecule has 4 rings (SSSR count). The van der Waals surface area contributed by atoms with Crippen molar-refractivity contribution in [3.05, 3.63) is 76.1 Å². The first-order chi connectivity index (χ1) is 14.4. The summed E-state index contributed by atoms with van der Waals surface area (Å²) in [6, 6.07) is 14.7. The number of aryl methyl sites for hydroxylation is 1. The summed E-state index contributed by atoms with van der Waals surface area (Å²) in [7, 11) is 0. The molecule has 30 heavy (non-hydrogen) atoms. The normalized spacial score (nSPS) is 13.2. The lowest BCUT2D eigenvalue weighted by Crippen LogP contribution is -2.25. The molecule has 0 saturated heterocycles. The third kappa shape index (κ3) is 4.54. The molecule has 7 heteroatoms. The number of hydrogen-bond donors (Lipinski definition) is 2. The maximum atomic E-state index is 12.6. The van der Waals surface area contributed by atoms with E-state index in [1.165, 1.54) is 0 Å². The first-order valence-corrected chi connectivity index (χ1v) is 10.3. The number of aromatic nitrogens is 2. The van der Waals surface area contributed by atoms with Crippen LogP contribution in [0.5, 0.6) is 0 Å². The third-order valence-electron chi connectivity index (χ3n) is 5.19. The van der Waals surface area contributed by atoms with Crippen molar-refractivity contribution in [1.29, 1.82) is 0 Å². The summed E-state index contributed by atoms with van der Waals surface area (Å²) in [4.78, 5) is 24.7. The van der Waals surface area contributed by atoms with Crippen molar-refractivity contribution < 1.29 is 9.59 Å². The van der Waals surface area contributed by atoms with Gasteiger partial charge in [-0.05, 0) is 75.2 Å². The summed E-state index contributed by atoms with van der Waals surface area (Å²) in [6.45, 7) is 3.85. The summed E-state index contributed by atoms with van der Waals surface area (Å²) in [5.74, 6) is -0.205. The highest BCUT2D eigenvalue weighted by Crippen LogP contribution is 2.21. The quantitative estimate of drug-likeness (QED) is 0.624. The lowest BCUT2D eigenvalue weighted by atomic mass is 10.1. The van der Waals surface area contributed by atoms with Crippen LogP contribution in [0.25, 0.3) is 5.69 Å². The van der Waals surface area contributed by atoms with Crippen molar-refractivity contribution in [3.8, 4) is 5.69 Å². The number of anilines is 1. The second-order valence-corrected chi connectivity index (χ2v) is 8.02. The molecule has 6 nitrogen and oxygen atoms in total. The number of carbonyl (C=O) groups is 2. The topological polar surface area (TPSA) is 76.0 Å². The Labute approximate surface area is 180 Å². The number of benzene rings is 2. The molecule has 1 heterocycles. The summed E-state index contributed by atoms with van der Waals surface area (Å²) < 4.78 is 1.82. The van der Waals surface area contributed by atoms with Crippen molar-refractivity contribution >= 4 is 29.1 Å². The van der Waals surface area contributed by atoms with E-state index in [4.69, 9.17) is 11.6 Å². The minimum atomic E-state index is -0.132. The van der Waals surface area contributed by atoms with Crippen molar-refractivity contribution in [3.63, 3.8) is 0 Å². The molecular formula is C23H23ClN4O2. The van der Waals surface area contributed by atoms with Gasteiger partial charge in [0.15, 0.2) is 0 Å². The van der Waals surface area contributed by atoms with E-state index in [1.54, 1.807) is 24.3 Å². The minimum absolute atomic E-state index is 0.0729. The van der Waals surface area contributed by atoms with Gasteiger partial charge in [0, 0.05) is 33.6 Å². The van der Waals surface area contributed by atoms with Crippen LogP contribution < -0.4 is 10.6 Å². The molecule has 0 unspecified atom stereocenters. The third-order valence-corrected chi connectivity index (χ3v) is 5.45. The molecule has 1 aromatic heterocycles. The van der Waals surface area contributed by atoms with E-state index in [1.807, 2.05) is 42.8 Å². The fourth-order valence-electron chi connectivity index (χ4n) is 3.33. The molecule has 1 aliphatic rings. The second kappa shape index (κ2) is 8.32. The first-order valence-electron chi connectivity index (χ1n) is 9.92. The molecule has 0 bridgehead atoms. The van der Waals surface area contributed by atoms with Gasteiger partial charge in [-0.1, -0.05) is 11.6 Å². The molecule has 0 spiro atoms. The molecule has 2 amide bonds. The Bertz CT molecular complexity index is 1080. The average Bonchev–Trinajstić information content (AvgIpc) is 3.50. The second-order valence-electron chi connectivity index (χ2n) is 7.59. The van der Waals surface area contributed by atoms with Gasteiger partial charge in [0.05, 0.1) is 17.8 Å².